The van der Waals surface area contributed by atoms with Crippen LogP contribution in [0, 0.1) is 23.7 Å². The van der Waals surface area contributed by atoms with Crippen LogP contribution in [-0.2, 0) is 4.74 Å². The molecule has 0 spiro atoms. The molecule has 25 heavy (non-hydrogen) atoms. The van der Waals surface area contributed by atoms with Crippen molar-refractivity contribution in [3.63, 3.8) is 0 Å². The largest absolute Gasteiger partial charge is 0.465 e. The van der Waals surface area contributed by atoms with E-state index in [1.165, 1.54) is 50.5 Å². The van der Waals surface area contributed by atoms with Crippen molar-refractivity contribution in [2.24, 2.45) is 23.7 Å². The van der Waals surface area contributed by atoms with E-state index in [0.29, 0.717) is 12.0 Å². The molecule has 2 bridgehead atoms. The maximum atomic E-state index is 6.35. The minimum Gasteiger partial charge on any atom is -0.465 e. The molecule has 7 atom stereocenters. The van der Waals surface area contributed by atoms with Gasteiger partial charge in [-0.2, -0.15) is 0 Å². The average Bonchev–Trinajstić information content (AvgIpc) is 3.28. The molecule has 4 rings (SSSR count). The average molecular weight is 343 g/mol. The Balaban J connectivity index is 1.30. The van der Waals surface area contributed by atoms with E-state index in [0.717, 1.165) is 29.4 Å². The minimum atomic E-state index is -0.150. The summed E-state index contributed by atoms with van der Waals surface area (Å²) in [6, 6.07) is 8.64. The Morgan fingerprint density at radius 1 is 1.00 bits per heavy atom. The van der Waals surface area contributed by atoms with Gasteiger partial charge in [0.15, 0.2) is 6.29 Å². The monoisotopic (exact) mass is 342 g/mol. The Kier molecular flexibility index (Phi) is 5.08. The van der Waals surface area contributed by atoms with Crippen LogP contribution in [0.1, 0.15) is 77.2 Å². The molecule has 138 valence electrons. The standard InChI is InChI=1S/C23H34O2/c1-4-6-15(2)17-9-11-19(12-10-17)24-16(3)25-23-14-18-13-22(23)21-8-5-7-20(18)21/h9-12,15-16,18,20-23H,4-8,13-14H2,1-3H3. The van der Waals surface area contributed by atoms with Gasteiger partial charge in [0.05, 0.1) is 6.10 Å². The fraction of sp³-hybridized carbons (Fsp3) is 0.739. The van der Waals surface area contributed by atoms with Crippen molar-refractivity contribution in [1.82, 2.24) is 0 Å². The van der Waals surface area contributed by atoms with Crippen molar-refractivity contribution in [2.45, 2.75) is 84.0 Å². The molecule has 3 aliphatic carbocycles. The molecule has 1 aromatic carbocycles. The van der Waals surface area contributed by atoms with Crippen LogP contribution >= 0.6 is 0 Å². The topological polar surface area (TPSA) is 18.5 Å². The summed E-state index contributed by atoms with van der Waals surface area (Å²) in [7, 11) is 0. The first kappa shape index (κ1) is 17.4. The van der Waals surface area contributed by atoms with Gasteiger partial charge in [-0.1, -0.05) is 38.8 Å². The van der Waals surface area contributed by atoms with Gasteiger partial charge in [0.2, 0.25) is 0 Å². The number of benzene rings is 1. The number of ether oxygens (including phenoxy) is 2. The SMILES string of the molecule is CCCC(C)c1ccc(OC(C)OC2CC3CC2C2CCCC32)cc1. The zero-order chi connectivity index (χ0) is 17.4. The molecule has 0 amide bonds. The lowest BCUT2D eigenvalue weighted by atomic mass is 9.80. The molecule has 3 aliphatic rings. The van der Waals surface area contributed by atoms with E-state index in [2.05, 4.69) is 45.0 Å². The molecular formula is C23H34O2. The Morgan fingerprint density at radius 3 is 2.52 bits per heavy atom. The Bertz CT molecular complexity index is 566. The zero-order valence-corrected chi connectivity index (χ0v) is 16.1. The Morgan fingerprint density at radius 2 is 1.76 bits per heavy atom. The second kappa shape index (κ2) is 7.31. The highest BCUT2D eigenvalue weighted by molar-refractivity contribution is 5.29. The summed E-state index contributed by atoms with van der Waals surface area (Å²) in [5.74, 6) is 5.28. The zero-order valence-electron chi connectivity index (χ0n) is 16.1. The lowest BCUT2D eigenvalue weighted by molar-refractivity contribution is -0.132. The molecule has 3 saturated carbocycles. The quantitative estimate of drug-likeness (QED) is 0.553. The molecular weight excluding hydrogens is 308 g/mol. The number of hydrogen-bond donors (Lipinski definition) is 0. The maximum absolute atomic E-state index is 6.35. The molecule has 2 nitrogen and oxygen atoms in total. The van der Waals surface area contributed by atoms with Gasteiger partial charge in [-0.25, -0.2) is 0 Å². The van der Waals surface area contributed by atoms with Crippen LogP contribution in [0.15, 0.2) is 24.3 Å². The summed E-state index contributed by atoms with van der Waals surface area (Å²) < 4.78 is 12.4. The van der Waals surface area contributed by atoms with Gasteiger partial charge in [-0.15, -0.1) is 0 Å². The van der Waals surface area contributed by atoms with E-state index >= 15 is 0 Å². The molecule has 1 aromatic rings. The normalized spacial score (nSPS) is 35.6. The summed E-state index contributed by atoms with van der Waals surface area (Å²) in [4.78, 5) is 0. The third kappa shape index (κ3) is 3.47. The van der Waals surface area contributed by atoms with Gasteiger partial charge in [0.25, 0.3) is 0 Å². The molecule has 2 heteroatoms. The van der Waals surface area contributed by atoms with E-state index in [4.69, 9.17) is 9.47 Å². The lowest BCUT2D eigenvalue weighted by Crippen LogP contribution is -2.34. The van der Waals surface area contributed by atoms with Gasteiger partial charge < -0.3 is 9.47 Å². The molecule has 0 aliphatic heterocycles. The van der Waals surface area contributed by atoms with Crippen LogP contribution in [0.3, 0.4) is 0 Å². The highest BCUT2D eigenvalue weighted by Crippen LogP contribution is 2.59. The fourth-order valence-corrected chi connectivity index (χ4v) is 6.10. The first-order valence-electron chi connectivity index (χ1n) is 10.6. The van der Waals surface area contributed by atoms with E-state index in [9.17, 15) is 0 Å². The number of hydrogen-bond acceptors (Lipinski definition) is 2. The van der Waals surface area contributed by atoms with E-state index in [1.54, 1.807) is 0 Å². The summed E-state index contributed by atoms with van der Waals surface area (Å²) in [6.45, 7) is 6.61. The molecule has 7 unspecified atom stereocenters. The second-order valence-electron chi connectivity index (χ2n) is 8.77. The predicted octanol–water partition coefficient (Wildman–Crippen LogP) is 6.16. The molecule has 0 radical (unpaired) electrons. The van der Waals surface area contributed by atoms with E-state index < -0.39 is 0 Å². The maximum Gasteiger partial charge on any atom is 0.197 e. The fourth-order valence-electron chi connectivity index (χ4n) is 6.10. The van der Waals surface area contributed by atoms with E-state index in [-0.39, 0.29) is 6.29 Å². The van der Waals surface area contributed by atoms with Crippen LogP contribution in [0.25, 0.3) is 0 Å². The van der Waals surface area contributed by atoms with Gasteiger partial charge >= 0.3 is 0 Å². The second-order valence-corrected chi connectivity index (χ2v) is 8.77. The summed E-state index contributed by atoms with van der Waals surface area (Å²) in [6.07, 6.45) is 9.81. The van der Waals surface area contributed by atoms with Crippen molar-refractivity contribution in [1.29, 1.82) is 0 Å². The summed E-state index contributed by atoms with van der Waals surface area (Å²) in [5, 5.41) is 0. The van der Waals surface area contributed by atoms with Gasteiger partial charge in [-0.3, -0.25) is 0 Å². The van der Waals surface area contributed by atoms with Crippen molar-refractivity contribution >= 4 is 0 Å². The Labute approximate surface area is 153 Å². The van der Waals surface area contributed by atoms with Gasteiger partial charge in [0, 0.05) is 0 Å². The predicted molar refractivity (Wildman–Crippen MR) is 102 cm³/mol. The van der Waals surface area contributed by atoms with Gasteiger partial charge in [-0.05, 0) is 86.3 Å². The molecule has 0 N–H and O–H groups in total. The van der Waals surface area contributed by atoms with Crippen LogP contribution in [0.2, 0.25) is 0 Å². The first-order chi connectivity index (χ1) is 12.2. The smallest absolute Gasteiger partial charge is 0.197 e. The van der Waals surface area contributed by atoms with Gasteiger partial charge in [0.1, 0.15) is 5.75 Å². The number of rotatable bonds is 7. The molecule has 0 aromatic heterocycles. The lowest BCUT2D eigenvalue weighted by Gasteiger charge is -2.33. The highest BCUT2D eigenvalue weighted by Gasteiger charge is 2.54. The first-order valence-corrected chi connectivity index (χ1v) is 10.6. The molecule has 3 fully saturated rings. The number of fused-ring (bicyclic) bond motifs is 5. The van der Waals surface area contributed by atoms with Crippen LogP contribution in [0.5, 0.6) is 5.75 Å². The Hall–Kier alpha value is -1.02. The molecule has 0 heterocycles. The van der Waals surface area contributed by atoms with Crippen LogP contribution < -0.4 is 4.74 Å². The minimum absolute atomic E-state index is 0.150. The molecule has 0 saturated heterocycles. The van der Waals surface area contributed by atoms with Crippen molar-refractivity contribution in [2.75, 3.05) is 0 Å². The van der Waals surface area contributed by atoms with Crippen molar-refractivity contribution in [3.8, 4) is 5.75 Å². The third-order valence-electron chi connectivity index (χ3n) is 7.21. The van der Waals surface area contributed by atoms with Crippen LogP contribution in [0.4, 0.5) is 0 Å². The van der Waals surface area contributed by atoms with Crippen molar-refractivity contribution in [3.05, 3.63) is 29.8 Å². The van der Waals surface area contributed by atoms with E-state index in [1.807, 2.05) is 0 Å². The van der Waals surface area contributed by atoms with Crippen LogP contribution in [-0.4, -0.2) is 12.4 Å². The van der Waals surface area contributed by atoms with Crippen molar-refractivity contribution < 1.29 is 9.47 Å². The highest BCUT2D eigenvalue weighted by atomic mass is 16.7. The third-order valence-corrected chi connectivity index (χ3v) is 7.21. The summed E-state index contributed by atoms with van der Waals surface area (Å²) >= 11 is 0. The summed E-state index contributed by atoms with van der Waals surface area (Å²) in [5.41, 5.74) is 1.41.